The molecule has 1 fully saturated rings. The highest BCUT2D eigenvalue weighted by Gasteiger charge is 2.34. The van der Waals surface area contributed by atoms with Gasteiger partial charge in [-0.15, -0.1) is 0 Å². The number of nitrogens with one attached hydrogen (secondary N) is 1. The second-order valence-corrected chi connectivity index (χ2v) is 12.0. The fourth-order valence-corrected chi connectivity index (χ4v) is 5.58. The van der Waals surface area contributed by atoms with Gasteiger partial charge >= 0.3 is 6.18 Å². The smallest absolute Gasteiger partial charge is 0.416 e. The molecule has 0 spiro atoms. The number of aryl methyl sites for hydroxylation is 1. The summed E-state index contributed by atoms with van der Waals surface area (Å²) in [6.07, 6.45) is -2.80. The van der Waals surface area contributed by atoms with Gasteiger partial charge in [0.25, 0.3) is 5.91 Å². The number of piperazine rings is 1. The van der Waals surface area contributed by atoms with Gasteiger partial charge in [-0.1, -0.05) is 29.3 Å². The number of halogens is 5. The molecule has 2 aromatic heterocycles. The van der Waals surface area contributed by atoms with Crippen LogP contribution in [-0.2, 0) is 19.8 Å². The van der Waals surface area contributed by atoms with Crippen molar-refractivity contribution in [3.05, 3.63) is 99.7 Å². The van der Waals surface area contributed by atoms with Crippen LogP contribution in [0.5, 0.6) is 11.6 Å². The summed E-state index contributed by atoms with van der Waals surface area (Å²) in [6, 6.07) is 17.2. The van der Waals surface area contributed by atoms with Crippen LogP contribution in [0.15, 0.2) is 72.9 Å². The fraction of sp³-hybridized carbons (Fsp3) is 0.242. The zero-order chi connectivity index (χ0) is 32.6. The van der Waals surface area contributed by atoms with Crippen LogP contribution in [0, 0.1) is 0 Å². The summed E-state index contributed by atoms with van der Waals surface area (Å²) in [5.41, 5.74) is 1.31. The van der Waals surface area contributed by atoms with Crippen LogP contribution < -0.4 is 10.1 Å². The molecule has 1 aliphatic rings. The van der Waals surface area contributed by atoms with Crippen LogP contribution in [0.3, 0.4) is 0 Å². The maximum absolute atomic E-state index is 14.1. The molecule has 1 aliphatic heterocycles. The SMILES string of the molecule is CN1CCN(Cc2ccc(C(=O)Nc3cc(Oc4nc(-c5ccc(Cl)cc5)nc5ccn(C)c45)ccc3Cl)cc2C(F)(F)F)CC1. The van der Waals surface area contributed by atoms with Gasteiger partial charge in [-0.05, 0) is 67.2 Å². The van der Waals surface area contributed by atoms with E-state index in [1.165, 1.54) is 24.3 Å². The van der Waals surface area contributed by atoms with E-state index in [9.17, 15) is 18.0 Å². The Morgan fingerprint density at radius 2 is 1.67 bits per heavy atom. The van der Waals surface area contributed by atoms with Gasteiger partial charge in [0.2, 0.25) is 5.88 Å². The Balaban J connectivity index is 1.25. The molecular weight excluding hydrogens is 640 g/mol. The lowest BCUT2D eigenvalue weighted by molar-refractivity contribution is -0.138. The van der Waals surface area contributed by atoms with Crippen LogP contribution in [0.25, 0.3) is 22.4 Å². The number of hydrogen-bond donors (Lipinski definition) is 1. The highest BCUT2D eigenvalue weighted by atomic mass is 35.5. The van der Waals surface area contributed by atoms with Crippen molar-refractivity contribution in [1.82, 2.24) is 24.3 Å². The molecule has 1 amide bonds. The van der Waals surface area contributed by atoms with Gasteiger partial charge in [-0.3, -0.25) is 9.69 Å². The molecule has 0 radical (unpaired) electrons. The first kappa shape index (κ1) is 31.8. The van der Waals surface area contributed by atoms with Crippen molar-refractivity contribution in [1.29, 1.82) is 0 Å². The average Bonchev–Trinajstić information content (AvgIpc) is 3.40. The van der Waals surface area contributed by atoms with Crippen molar-refractivity contribution < 1.29 is 22.7 Å². The predicted molar refractivity (Wildman–Crippen MR) is 173 cm³/mol. The third-order valence-electron chi connectivity index (χ3n) is 7.86. The lowest BCUT2D eigenvalue weighted by Crippen LogP contribution is -2.44. The Bertz CT molecular complexity index is 1900. The van der Waals surface area contributed by atoms with Gasteiger partial charge in [0.05, 0.1) is 21.8 Å². The molecule has 0 bridgehead atoms. The van der Waals surface area contributed by atoms with Crippen molar-refractivity contribution >= 4 is 45.8 Å². The number of likely N-dealkylation sites (N-methyl/N-ethyl adjacent to an activating group) is 1. The van der Waals surface area contributed by atoms with E-state index in [0.29, 0.717) is 40.7 Å². The number of hydrogen-bond acceptors (Lipinski definition) is 6. The third kappa shape index (κ3) is 6.97. The number of carbonyl (C=O) groups is 1. The summed E-state index contributed by atoms with van der Waals surface area (Å²) in [7, 11) is 3.82. The van der Waals surface area contributed by atoms with Crippen LogP contribution >= 0.6 is 23.2 Å². The molecule has 5 aromatic rings. The fourth-order valence-electron chi connectivity index (χ4n) is 5.29. The van der Waals surface area contributed by atoms with E-state index in [1.807, 2.05) is 35.8 Å². The molecule has 1 saturated heterocycles. The molecule has 8 nitrogen and oxygen atoms in total. The minimum atomic E-state index is -4.63. The predicted octanol–water partition coefficient (Wildman–Crippen LogP) is 7.75. The number of benzene rings is 3. The van der Waals surface area contributed by atoms with Crippen LogP contribution in [0.2, 0.25) is 10.0 Å². The van der Waals surface area contributed by atoms with E-state index >= 15 is 0 Å². The van der Waals surface area contributed by atoms with Crippen molar-refractivity contribution in [2.45, 2.75) is 12.7 Å². The number of alkyl halides is 3. The van der Waals surface area contributed by atoms with E-state index in [4.69, 9.17) is 27.9 Å². The van der Waals surface area contributed by atoms with Crippen molar-refractivity contribution in [3.8, 4) is 23.0 Å². The topological polar surface area (TPSA) is 75.5 Å². The second-order valence-electron chi connectivity index (χ2n) is 11.2. The van der Waals surface area contributed by atoms with E-state index in [0.717, 1.165) is 24.7 Å². The van der Waals surface area contributed by atoms with Gasteiger partial charge in [0.1, 0.15) is 11.3 Å². The minimum Gasteiger partial charge on any atom is -0.437 e. The molecule has 0 saturated carbocycles. The quantitative estimate of drug-likeness (QED) is 0.191. The van der Waals surface area contributed by atoms with Gasteiger partial charge in [0.15, 0.2) is 5.82 Å². The summed E-state index contributed by atoms with van der Waals surface area (Å²) in [4.78, 5) is 26.6. The third-order valence-corrected chi connectivity index (χ3v) is 8.44. The van der Waals surface area contributed by atoms with Crippen LogP contribution in [-0.4, -0.2) is 63.5 Å². The first-order chi connectivity index (χ1) is 21.9. The normalized spacial score (nSPS) is 14.5. The minimum absolute atomic E-state index is 0.122. The number of fused-ring (bicyclic) bond motifs is 1. The summed E-state index contributed by atoms with van der Waals surface area (Å²) in [5, 5.41) is 3.39. The van der Waals surface area contributed by atoms with Crippen molar-refractivity contribution in [3.63, 3.8) is 0 Å². The molecule has 13 heteroatoms. The van der Waals surface area contributed by atoms with Gasteiger partial charge in [0, 0.05) is 68.2 Å². The van der Waals surface area contributed by atoms with E-state index in [-0.39, 0.29) is 34.3 Å². The number of anilines is 1. The Morgan fingerprint density at radius 3 is 2.39 bits per heavy atom. The number of carbonyl (C=O) groups excluding carboxylic acids is 1. The average molecular weight is 670 g/mol. The molecular formula is C33H29Cl2F3N6O2. The van der Waals surface area contributed by atoms with Crippen LogP contribution in [0.1, 0.15) is 21.5 Å². The molecule has 1 N–H and O–H groups in total. The molecule has 3 heterocycles. The van der Waals surface area contributed by atoms with E-state index in [2.05, 4.69) is 20.2 Å². The Labute approximate surface area is 273 Å². The van der Waals surface area contributed by atoms with E-state index < -0.39 is 17.6 Å². The molecule has 0 atom stereocenters. The largest absolute Gasteiger partial charge is 0.437 e. The first-order valence-electron chi connectivity index (χ1n) is 14.4. The molecule has 0 unspecified atom stereocenters. The first-order valence-corrected chi connectivity index (χ1v) is 15.2. The molecule has 3 aromatic carbocycles. The Kier molecular flexibility index (Phi) is 8.93. The van der Waals surface area contributed by atoms with Gasteiger partial charge < -0.3 is 19.5 Å². The lowest BCUT2D eigenvalue weighted by atomic mass is 10.0. The summed E-state index contributed by atoms with van der Waals surface area (Å²) < 4.78 is 50.4. The monoisotopic (exact) mass is 668 g/mol. The maximum atomic E-state index is 14.1. The number of rotatable bonds is 7. The summed E-state index contributed by atoms with van der Waals surface area (Å²) in [6.45, 7) is 3.04. The number of ether oxygens (including phenoxy) is 1. The van der Waals surface area contributed by atoms with Gasteiger partial charge in [-0.2, -0.15) is 18.2 Å². The summed E-state index contributed by atoms with van der Waals surface area (Å²) >= 11 is 12.5. The number of aromatic nitrogens is 3. The highest BCUT2D eigenvalue weighted by molar-refractivity contribution is 6.34. The molecule has 6 rings (SSSR count). The van der Waals surface area contributed by atoms with E-state index in [1.54, 1.807) is 30.3 Å². The molecule has 46 heavy (non-hydrogen) atoms. The highest BCUT2D eigenvalue weighted by Crippen LogP contribution is 2.36. The molecule has 238 valence electrons. The zero-order valence-electron chi connectivity index (χ0n) is 24.9. The maximum Gasteiger partial charge on any atom is 0.416 e. The van der Waals surface area contributed by atoms with Gasteiger partial charge in [-0.25, -0.2) is 4.98 Å². The van der Waals surface area contributed by atoms with Crippen molar-refractivity contribution in [2.24, 2.45) is 7.05 Å². The molecule has 0 aliphatic carbocycles. The standard InChI is InChI=1S/C33H29Cl2F3N6O2/c1-42-13-15-44(16-14-42)19-22-4-3-21(17-25(22)33(36,37)38)31(45)40-28-18-24(9-10-26(28)35)46-32-29-27(11-12-43(29)2)39-30(41-32)20-5-7-23(34)8-6-20/h3-12,17-18H,13-16,19H2,1-2H3,(H,40,45). The number of amides is 1. The second kappa shape index (κ2) is 12.9. The van der Waals surface area contributed by atoms with Crippen molar-refractivity contribution in [2.75, 3.05) is 38.5 Å². The zero-order valence-corrected chi connectivity index (χ0v) is 26.4. The Hall–Kier alpha value is -4.16. The number of nitrogens with zero attached hydrogens (tertiary/aromatic N) is 5. The summed E-state index contributed by atoms with van der Waals surface area (Å²) in [5.74, 6) is 0.228. The Morgan fingerprint density at radius 1 is 0.935 bits per heavy atom. The lowest BCUT2D eigenvalue weighted by Gasteiger charge is -2.33. The van der Waals surface area contributed by atoms with Crippen LogP contribution in [0.4, 0.5) is 18.9 Å².